The molecular weight excluding hydrogens is 84.1 g/mol. The minimum absolute atomic E-state index is 0.921. The highest BCUT2D eigenvalue weighted by Gasteiger charge is 2.79. The van der Waals surface area contributed by atoms with Gasteiger partial charge >= 0.3 is 0 Å². The summed E-state index contributed by atoms with van der Waals surface area (Å²) in [6.07, 6.45) is 3.18. The second-order valence-corrected chi connectivity index (χ2v) is 3.84. The molecule has 0 aromatic carbocycles. The third kappa shape index (κ3) is 0.132. The molecule has 4 atom stereocenters. The fraction of sp³-hybridized carbons (Fsp3) is 1.00. The maximum Gasteiger partial charge on any atom is -0.0258 e. The van der Waals surface area contributed by atoms with Crippen molar-refractivity contribution in [3.05, 3.63) is 0 Å². The normalized spacial score (nSPS) is 81.0. The lowest BCUT2D eigenvalue weighted by molar-refractivity contribution is 0.186. The standard InChI is InChI=1S/C7H10/c1-7-3-4-2-5(7)6(4)7/h4-6H,2-3H2,1H3. The Morgan fingerprint density at radius 2 is 2.43 bits per heavy atom. The van der Waals surface area contributed by atoms with Gasteiger partial charge in [0.15, 0.2) is 0 Å². The van der Waals surface area contributed by atoms with Crippen molar-refractivity contribution in [2.24, 2.45) is 23.2 Å². The van der Waals surface area contributed by atoms with Gasteiger partial charge in [0.05, 0.1) is 0 Å². The van der Waals surface area contributed by atoms with Crippen LogP contribution in [-0.2, 0) is 0 Å². The van der Waals surface area contributed by atoms with Crippen molar-refractivity contribution < 1.29 is 0 Å². The molecule has 0 aromatic rings. The third-order valence-electron chi connectivity index (χ3n) is 3.70. The number of hydrogen-bond donors (Lipinski definition) is 0. The smallest absolute Gasteiger partial charge is 0.0258 e. The predicted molar refractivity (Wildman–Crippen MR) is 27.8 cm³/mol. The molecule has 0 amide bonds. The molecule has 3 rings (SSSR count). The molecule has 38 valence electrons. The first-order valence-electron chi connectivity index (χ1n) is 3.32. The highest BCUT2D eigenvalue weighted by Crippen LogP contribution is 2.86. The van der Waals surface area contributed by atoms with Crippen LogP contribution < -0.4 is 0 Å². The first-order chi connectivity index (χ1) is 3.32. The second-order valence-electron chi connectivity index (χ2n) is 3.84. The van der Waals surface area contributed by atoms with E-state index in [2.05, 4.69) is 6.92 Å². The van der Waals surface area contributed by atoms with Crippen molar-refractivity contribution in [1.82, 2.24) is 0 Å². The van der Waals surface area contributed by atoms with Crippen LogP contribution in [0.2, 0.25) is 0 Å². The van der Waals surface area contributed by atoms with Crippen LogP contribution in [0.25, 0.3) is 0 Å². The maximum atomic E-state index is 2.46. The van der Waals surface area contributed by atoms with E-state index < -0.39 is 0 Å². The summed E-state index contributed by atoms with van der Waals surface area (Å²) in [5.74, 6) is 3.68. The van der Waals surface area contributed by atoms with Crippen molar-refractivity contribution in [2.45, 2.75) is 19.8 Å². The molecule has 0 bridgehead atoms. The molecule has 0 heteroatoms. The molecular formula is C7H10. The molecule has 4 unspecified atom stereocenters. The molecule has 3 saturated carbocycles. The minimum atomic E-state index is 0.921. The first kappa shape index (κ1) is 3.11. The van der Waals surface area contributed by atoms with Gasteiger partial charge in [-0.25, -0.2) is 0 Å². The molecule has 0 spiro atoms. The van der Waals surface area contributed by atoms with Crippen molar-refractivity contribution in [2.75, 3.05) is 0 Å². The second kappa shape index (κ2) is 0.519. The van der Waals surface area contributed by atoms with E-state index in [0.29, 0.717) is 0 Å². The van der Waals surface area contributed by atoms with Crippen LogP contribution >= 0.6 is 0 Å². The van der Waals surface area contributed by atoms with E-state index in [0.717, 1.165) is 5.41 Å². The molecule has 0 nitrogen and oxygen atoms in total. The van der Waals surface area contributed by atoms with E-state index >= 15 is 0 Å². The monoisotopic (exact) mass is 94.1 g/mol. The Balaban J connectivity index is 2.16. The molecule has 3 fully saturated rings. The van der Waals surface area contributed by atoms with Gasteiger partial charge in [0.25, 0.3) is 0 Å². The summed E-state index contributed by atoms with van der Waals surface area (Å²) in [6, 6.07) is 0. The van der Waals surface area contributed by atoms with Crippen LogP contribution in [0.5, 0.6) is 0 Å². The molecule has 3 aliphatic rings. The van der Waals surface area contributed by atoms with Gasteiger partial charge in [0.2, 0.25) is 0 Å². The molecule has 0 aromatic heterocycles. The zero-order chi connectivity index (χ0) is 4.65. The zero-order valence-electron chi connectivity index (χ0n) is 4.65. The van der Waals surface area contributed by atoms with E-state index in [1.165, 1.54) is 17.8 Å². The van der Waals surface area contributed by atoms with Gasteiger partial charge in [-0.05, 0) is 36.0 Å². The first-order valence-corrected chi connectivity index (χ1v) is 3.32. The Hall–Kier alpha value is 0. The van der Waals surface area contributed by atoms with Gasteiger partial charge in [-0.1, -0.05) is 6.92 Å². The fourth-order valence-electron chi connectivity index (χ4n) is 3.16. The lowest BCUT2D eigenvalue weighted by Gasteiger charge is -2.30. The molecule has 0 N–H and O–H groups in total. The third-order valence-corrected chi connectivity index (χ3v) is 3.70. The maximum absolute atomic E-state index is 2.46. The van der Waals surface area contributed by atoms with Gasteiger partial charge < -0.3 is 0 Å². The lowest BCUT2D eigenvalue weighted by atomic mass is 9.74. The van der Waals surface area contributed by atoms with E-state index in [4.69, 9.17) is 0 Å². The Morgan fingerprint density at radius 1 is 1.57 bits per heavy atom. The quantitative estimate of drug-likeness (QED) is 0.428. The Labute approximate surface area is 43.9 Å². The highest BCUT2D eigenvalue weighted by molar-refractivity contribution is 5.27. The predicted octanol–water partition coefficient (Wildman–Crippen LogP) is 1.66. The van der Waals surface area contributed by atoms with Crippen LogP contribution in [0.4, 0.5) is 0 Å². The van der Waals surface area contributed by atoms with Crippen LogP contribution in [0, 0.1) is 23.2 Å². The van der Waals surface area contributed by atoms with Gasteiger partial charge in [0, 0.05) is 0 Å². The molecule has 7 heavy (non-hydrogen) atoms. The minimum Gasteiger partial charge on any atom is -0.0591 e. The number of hydrogen-bond acceptors (Lipinski definition) is 0. The average Bonchev–Trinajstić information content (AvgIpc) is 2.00. The molecule has 0 aliphatic heterocycles. The van der Waals surface area contributed by atoms with Gasteiger partial charge in [-0.2, -0.15) is 0 Å². The Kier molecular flexibility index (Phi) is 0.231. The summed E-state index contributed by atoms with van der Waals surface area (Å²) in [7, 11) is 0. The number of fused-ring (bicyclic) bond motifs is 1. The summed E-state index contributed by atoms with van der Waals surface area (Å²) in [6.45, 7) is 2.46. The van der Waals surface area contributed by atoms with E-state index in [9.17, 15) is 0 Å². The summed E-state index contributed by atoms with van der Waals surface area (Å²) >= 11 is 0. The summed E-state index contributed by atoms with van der Waals surface area (Å²) < 4.78 is 0. The zero-order valence-corrected chi connectivity index (χ0v) is 4.65. The van der Waals surface area contributed by atoms with Crippen LogP contribution in [0.15, 0.2) is 0 Å². The van der Waals surface area contributed by atoms with Crippen molar-refractivity contribution in [3.8, 4) is 0 Å². The average molecular weight is 94.2 g/mol. The summed E-state index contributed by atoms with van der Waals surface area (Å²) in [5, 5.41) is 0. The molecule has 0 saturated heterocycles. The fourth-order valence-corrected chi connectivity index (χ4v) is 3.16. The van der Waals surface area contributed by atoms with Crippen molar-refractivity contribution >= 4 is 0 Å². The van der Waals surface area contributed by atoms with Crippen LogP contribution in [0.1, 0.15) is 19.8 Å². The topological polar surface area (TPSA) is 0 Å². The van der Waals surface area contributed by atoms with E-state index in [1.54, 1.807) is 12.8 Å². The molecule has 3 aliphatic carbocycles. The van der Waals surface area contributed by atoms with Crippen molar-refractivity contribution in [1.29, 1.82) is 0 Å². The Morgan fingerprint density at radius 3 is 2.43 bits per heavy atom. The van der Waals surface area contributed by atoms with Crippen LogP contribution in [-0.4, -0.2) is 0 Å². The summed E-state index contributed by atoms with van der Waals surface area (Å²) in [5.41, 5.74) is 0.921. The van der Waals surface area contributed by atoms with E-state index in [-0.39, 0.29) is 0 Å². The molecule has 0 radical (unpaired) electrons. The van der Waals surface area contributed by atoms with Crippen LogP contribution in [0.3, 0.4) is 0 Å². The number of rotatable bonds is 0. The largest absolute Gasteiger partial charge is 0.0591 e. The highest BCUT2D eigenvalue weighted by atomic mass is 14.8. The van der Waals surface area contributed by atoms with Gasteiger partial charge in [-0.3, -0.25) is 0 Å². The van der Waals surface area contributed by atoms with Gasteiger partial charge in [0.1, 0.15) is 0 Å². The van der Waals surface area contributed by atoms with E-state index in [1.807, 2.05) is 0 Å². The SMILES string of the molecule is CC12CC3CC1C32. The van der Waals surface area contributed by atoms with Gasteiger partial charge in [-0.15, -0.1) is 0 Å². The van der Waals surface area contributed by atoms with Crippen molar-refractivity contribution in [3.63, 3.8) is 0 Å². The lowest BCUT2D eigenvalue weighted by Crippen LogP contribution is -2.23. The summed E-state index contributed by atoms with van der Waals surface area (Å²) in [4.78, 5) is 0. The molecule has 0 heterocycles. The Bertz CT molecular complexity index is 133.